The topological polar surface area (TPSA) is 18.5 Å². The van der Waals surface area contributed by atoms with Gasteiger partial charge in [-0.15, -0.1) is 0 Å². The number of rotatable bonds is 1. The van der Waals surface area contributed by atoms with E-state index in [-0.39, 0.29) is 21.8 Å². The Bertz CT molecular complexity index is 303. The average Bonchev–Trinajstić information content (AvgIpc) is 2.55. The summed E-state index contributed by atoms with van der Waals surface area (Å²) in [7, 11) is -0.231. The molecule has 0 amide bonds. The third kappa shape index (κ3) is 2.79. The van der Waals surface area contributed by atoms with Gasteiger partial charge in [0.05, 0.1) is 0 Å². The molecule has 1 aliphatic rings. The van der Waals surface area contributed by atoms with Crippen LogP contribution in [0.2, 0.25) is 15.6 Å². The second-order valence-corrected chi connectivity index (χ2v) is 14.6. The van der Waals surface area contributed by atoms with Crippen molar-refractivity contribution < 1.29 is 9.16 Å². The second kappa shape index (κ2) is 4.85. The van der Waals surface area contributed by atoms with Crippen LogP contribution in [0.5, 0.6) is 0 Å². The molecule has 0 saturated carbocycles. The van der Waals surface area contributed by atoms with Gasteiger partial charge in [-0.3, -0.25) is 0 Å². The van der Waals surface area contributed by atoms with Crippen molar-refractivity contribution in [2.45, 2.75) is 90.6 Å². The molecular formula is C16H34O2Si. The number of methoxy groups -OCH3 is 1. The van der Waals surface area contributed by atoms with Crippen molar-refractivity contribution >= 4 is 8.32 Å². The lowest BCUT2D eigenvalue weighted by Crippen LogP contribution is -2.57. The van der Waals surface area contributed by atoms with Gasteiger partial charge in [0, 0.05) is 13.5 Å². The van der Waals surface area contributed by atoms with Gasteiger partial charge in [0.1, 0.15) is 6.29 Å². The molecule has 0 aromatic rings. The van der Waals surface area contributed by atoms with E-state index in [1.165, 1.54) is 0 Å². The van der Waals surface area contributed by atoms with Gasteiger partial charge < -0.3 is 9.16 Å². The Morgan fingerprint density at radius 2 is 1.32 bits per heavy atom. The predicted molar refractivity (Wildman–Crippen MR) is 84.9 cm³/mol. The molecule has 1 saturated heterocycles. The molecule has 0 aromatic carbocycles. The van der Waals surface area contributed by atoms with Crippen molar-refractivity contribution in [1.82, 2.24) is 0 Å². The van der Waals surface area contributed by atoms with Crippen LogP contribution in [0, 0.1) is 5.41 Å². The van der Waals surface area contributed by atoms with Gasteiger partial charge in [-0.05, 0) is 21.0 Å². The molecule has 2 nitrogen and oxygen atoms in total. The number of hydrogen-bond acceptors (Lipinski definition) is 2. The minimum atomic E-state index is -2.01. The van der Waals surface area contributed by atoms with Crippen LogP contribution in [-0.4, -0.2) is 21.7 Å². The summed E-state index contributed by atoms with van der Waals surface area (Å²) in [5.41, 5.74) is 0.880. The monoisotopic (exact) mass is 286 g/mol. The molecular weight excluding hydrogens is 252 g/mol. The summed E-state index contributed by atoms with van der Waals surface area (Å²) in [6.07, 6.45) is 1.02. The van der Waals surface area contributed by atoms with Crippen molar-refractivity contribution in [3.63, 3.8) is 0 Å². The van der Waals surface area contributed by atoms with E-state index in [9.17, 15) is 0 Å². The molecule has 1 heterocycles. The maximum absolute atomic E-state index is 6.68. The van der Waals surface area contributed by atoms with E-state index in [1.54, 1.807) is 7.11 Å². The van der Waals surface area contributed by atoms with E-state index in [1.807, 2.05) is 0 Å². The Morgan fingerprint density at radius 1 is 0.895 bits per heavy atom. The van der Waals surface area contributed by atoms with Crippen molar-refractivity contribution in [2.75, 3.05) is 7.11 Å². The first kappa shape index (κ1) is 17.2. The number of ether oxygens (including phenoxy) is 1. The Balaban J connectivity index is 3.42. The van der Waals surface area contributed by atoms with E-state index >= 15 is 0 Å². The highest BCUT2D eigenvalue weighted by atomic mass is 28.4. The molecule has 2 atom stereocenters. The molecule has 114 valence electrons. The third-order valence-corrected chi connectivity index (χ3v) is 11.9. The van der Waals surface area contributed by atoms with Gasteiger partial charge in [-0.1, -0.05) is 62.3 Å². The highest BCUT2D eigenvalue weighted by Crippen LogP contribution is 2.66. The van der Waals surface area contributed by atoms with Gasteiger partial charge in [-0.2, -0.15) is 0 Å². The van der Waals surface area contributed by atoms with Crippen LogP contribution in [0.25, 0.3) is 0 Å². The van der Waals surface area contributed by atoms with E-state index < -0.39 is 8.32 Å². The lowest BCUT2D eigenvalue weighted by molar-refractivity contribution is -0.0506. The zero-order valence-corrected chi connectivity index (χ0v) is 15.7. The van der Waals surface area contributed by atoms with Crippen LogP contribution in [0.1, 0.15) is 68.7 Å². The first-order valence-corrected chi connectivity index (χ1v) is 9.46. The summed E-state index contributed by atoms with van der Waals surface area (Å²) in [5, 5.41) is 0.410. The molecule has 1 aliphatic heterocycles. The molecule has 2 unspecified atom stereocenters. The largest absolute Gasteiger partial charge is 0.391 e. The molecule has 0 aromatic heterocycles. The fraction of sp³-hybridized carbons (Fsp3) is 1.00. The van der Waals surface area contributed by atoms with Crippen LogP contribution >= 0.6 is 0 Å². The van der Waals surface area contributed by atoms with Crippen LogP contribution in [0.3, 0.4) is 0 Å². The van der Waals surface area contributed by atoms with Crippen molar-refractivity contribution in [3.05, 3.63) is 0 Å². The third-order valence-electron chi connectivity index (χ3n) is 4.77. The molecule has 1 fully saturated rings. The van der Waals surface area contributed by atoms with Gasteiger partial charge in [0.25, 0.3) is 0 Å². The van der Waals surface area contributed by atoms with E-state index in [0.29, 0.717) is 5.54 Å². The summed E-state index contributed by atoms with van der Waals surface area (Å²) in [5.74, 6) is 0. The Morgan fingerprint density at radius 3 is 1.53 bits per heavy atom. The molecule has 0 N–H and O–H groups in total. The zero-order valence-electron chi connectivity index (χ0n) is 14.7. The molecule has 3 heteroatoms. The molecule has 0 bridgehead atoms. The predicted octanol–water partition coefficient (Wildman–Crippen LogP) is 5.34. The molecule has 0 radical (unpaired) electrons. The maximum Gasteiger partial charge on any atom is 0.210 e. The fourth-order valence-electron chi connectivity index (χ4n) is 4.33. The normalized spacial score (nSPS) is 28.7. The van der Waals surface area contributed by atoms with Crippen molar-refractivity contribution in [1.29, 1.82) is 0 Å². The van der Waals surface area contributed by atoms with Crippen LogP contribution in [0.4, 0.5) is 0 Å². The Kier molecular flexibility index (Phi) is 4.39. The summed E-state index contributed by atoms with van der Waals surface area (Å²) in [6, 6.07) is 0. The smallest absolute Gasteiger partial charge is 0.210 e. The fourth-order valence-corrected chi connectivity index (χ4v) is 11.9. The van der Waals surface area contributed by atoms with Crippen molar-refractivity contribution in [2.24, 2.45) is 5.41 Å². The minimum absolute atomic E-state index is 0.0191. The average molecular weight is 287 g/mol. The first-order chi connectivity index (χ1) is 8.27. The Hall–Kier alpha value is 0.137. The molecule has 0 spiro atoms. The van der Waals surface area contributed by atoms with Gasteiger partial charge >= 0.3 is 0 Å². The van der Waals surface area contributed by atoms with E-state index in [2.05, 4.69) is 62.3 Å². The highest BCUT2D eigenvalue weighted by Gasteiger charge is 2.66. The second-order valence-electron chi connectivity index (χ2n) is 9.17. The number of hydrogen-bond donors (Lipinski definition) is 0. The quantitative estimate of drug-likeness (QED) is 0.606. The van der Waals surface area contributed by atoms with Crippen molar-refractivity contribution in [3.8, 4) is 0 Å². The molecule has 19 heavy (non-hydrogen) atoms. The lowest BCUT2D eigenvalue weighted by Gasteiger charge is -2.54. The Labute approximate surface area is 121 Å². The van der Waals surface area contributed by atoms with E-state index in [4.69, 9.17) is 9.16 Å². The van der Waals surface area contributed by atoms with Crippen LogP contribution in [0.15, 0.2) is 0 Å². The van der Waals surface area contributed by atoms with Gasteiger partial charge in [-0.25, -0.2) is 0 Å². The SMILES string of the molecule is COC1CC(C(C)(C)C)[Si](C(C)(C)C)(C(C)(C)C)O1. The molecule has 0 aliphatic carbocycles. The maximum atomic E-state index is 6.68. The standard InChI is InChI=1S/C16H34O2Si/c1-14(2,3)12-11-13(17-10)18-19(12,15(4,5)6)16(7,8)9/h12-13H,11H2,1-10H3. The first-order valence-electron chi connectivity index (χ1n) is 7.48. The van der Waals surface area contributed by atoms with Crippen LogP contribution < -0.4 is 0 Å². The van der Waals surface area contributed by atoms with Gasteiger partial charge in [0.15, 0.2) is 0 Å². The lowest BCUT2D eigenvalue weighted by atomic mass is 9.89. The molecule has 1 rings (SSSR count). The highest BCUT2D eigenvalue weighted by molar-refractivity contribution is 6.81. The zero-order chi connectivity index (χ0) is 15.3. The summed E-state index contributed by atoms with van der Waals surface area (Å²) >= 11 is 0. The van der Waals surface area contributed by atoms with Crippen LogP contribution in [-0.2, 0) is 9.16 Å². The summed E-state index contributed by atoms with van der Waals surface area (Å²) in [4.78, 5) is 0. The summed E-state index contributed by atoms with van der Waals surface area (Å²) < 4.78 is 12.3. The summed E-state index contributed by atoms with van der Waals surface area (Å²) in [6.45, 7) is 21.3. The van der Waals surface area contributed by atoms with E-state index in [0.717, 1.165) is 6.42 Å². The minimum Gasteiger partial charge on any atom is -0.391 e. The van der Waals surface area contributed by atoms with Gasteiger partial charge in [0.2, 0.25) is 8.32 Å².